The molecule has 1 amide bonds. The summed E-state index contributed by atoms with van der Waals surface area (Å²) in [4.78, 5) is 19.7. The number of anilines is 1. The van der Waals surface area contributed by atoms with Crippen molar-refractivity contribution in [1.82, 2.24) is 19.9 Å². The van der Waals surface area contributed by atoms with E-state index in [0.717, 1.165) is 59.9 Å². The van der Waals surface area contributed by atoms with Crippen LogP contribution in [0.2, 0.25) is 0 Å². The lowest BCUT2D eigenvalue weighted by molar-refractivity contribution is -0.125. The van der Waals surface area contributed by atoms with Crippen molar-refractivity contribution in [3.8, 4) is 11.3 Å². The Morgan fingerprint density at radius 1 is 1.00 bits per heavy atom. The highest BCUT2D eigenvalue weighted by atomic mass is 19.1. The van der Waals surface area contributed by atoms with E-state index >= 15 is 0 Å². The SMILES string of the molecule is Cc1cc(C)cc(-c2cc3nc(C)cc(N4CCC(C(=O)NCc5ccc(F)cc5)CC4)n3n2)c1. The van der Waals surface area contributed by atoms with Crippen LogP contribution in [0.4, 0.5) is 10.2 Å². The van der Waals surface area contributed by atoms with E-state index in [-0.39, 0.29) is 17.6 Å². The van der Waals surface area contributed by atoms with Crippen LogP contribution in [0.15, 0.2) is 54.6 Å². The van der Waals surface area contributed by atoms with Crippen LogP contribution >= 0.6 is 0 Å². The van der Waals surface area contributed by atoms with Gasteiger partial charge in [-0.15, -0.1) is 0 Å². The Balaban J connectivity index is 1.30. The van der Waals surface area contributed by atoms with E-state index in [2.05, 4.69) is 48.3 Å². The van der Waals surface area contributed by atoms with E-state index in [1.807, 2.05) is 17.5 Å². The maximum absolute atomic E-state index is 13.1. The monoisotopic (exact) mass is 471 g/mol. The minimum Gasteiger partial charge on any atom is -0.356 e. The first kappa shape index (κ1) is 23.0. The molecule has 1 saturated heterocycles. The van der Waals surface area contributed by atoms with Crippen molar-refractivity contribution >= 4 is 17.4 Å². The molecular weight excluding hydrogens is 441 g/mol. The zero-order chi connectivity index (χ0) is 24.5. The summed E-state index contributed by atoms with van der Waals surface area (Å²) in [5, 5.41) is 7.92. The number of carbonyl (C=O) groups is 1. The van der Waals surface area contributed by atoms with Gasteiger partial charge in [-0.3, -0.25) is 4.79 Å². The van der Waals surface area contributed by atoms with Crippen LogP contribution in [0.25, 0.3) is 16.9 Å². The standard InChI is InChI=1S/C28H30FN5O/c1-18-12-19(2)14-23(13-18)25-16-26-31-20(3)15-27(34(26)32-25)33-10-8-22(9-11-33)28(35)30-17-21-4-6-24(29)7-5-21/h4-7,12-16,22H,8-11,17H2,1-3H3,(H,30,35). The maximum Gasteiger partial charge on any atom is 0.223 e. The number of piperidine rings is 1. The molecule has 4 aromatic rings. The third-order valence-electron chi connectivity index (χ3n) is 6.62. The molecule has 0 bridgehead atoms. The smallest absolute Gasteiger partial charge is 0.223 e. The lowest BCUT2D eigenvalue weighted by Crippen LogP contribution is -2.41. The van der Waals surface area contributed by atoms with Crippen molar-refractivity contribution in [1.29, 1.82) is 0 Å². The molecule has 0 radical (unpaired) electrons. The van der Waals surface area contributed by atoms with Gasteiger partial charge < -0.3 is 10.2 Å². The summed E-state index contributed by atoms with van der Waals surface area (Å²) < 4.78 is 15.0. The van der Waals surface area contributed by atoms with Crippen molar-refractivity contribution in [3.05, 3.63) is 82.8 Å². The fourth-order valence-electron chi connectivity index (χ4n) is 4.88. The topological polar surface area (TPSA) is 62.5 Å². The molecule has 2 aromatic heterocycles. The first-order valence-electron chi connectivity index (χ1n) is 12.1. The molecule has 5 rings (SSSR count). The van der Waals surface area contributed by atoms with Crippen molar-refractivity contribution < 1.29 is 9.18 Å². The summed E-state index contributed by atoms with van der Waals surface area (Å²) >= 11 is 0. The number of benzene rings is 2. The summed E-state index contributed by atoms with van der Waals surface area (Å²) in [6, 6.07) is 16.8. The van der Waals surface area contributed by atoms with E-state index in [1.165, 1.54) is 23.3 Å². The van der Waals surface area contributed by atoms with Gasteiger partial charge >= 0.3 is 0 Å². The minimum absolute atomic E-state index is 0.0337. The van der Waals surface area contributed by atoms with E-state index in [4.69, 9.17) is 10.1 Å². The van der Waals surface area contributed by atoms with Crippen LogP contribution in [0.3, 0.4) is 0 Å². The number of amides is 1. The predicted molar refractivity (Wildman–Crippen MR) is 136 cm³/mol. The number of aryl methyl sites for hydroxylation is 3. The van der Waals surface area contributed by atoms with Crippen LogP contribution in [0.5, 0.6) is 0 Å². The van der Waals surface area contributed by atoms with E-state index < -0.39 is 0 Å². The summed E-state index contributed by atoms with van der Waals surface area (Å²) in [7, 11) is 0. The number of carbonyl (C=O) groups excluding carboxylic acids is 1. The zero-order valence-electron chi connectivity index (χ0n) is 20.4. The Morgan fingerprint density at radius 3 is 2.37 bits per heavy atom. The van der Waals surface area contributed by atoms with Gasteiger partial charge in [0.05, 0.1) is 5.69 Å². The molecule has 6 nitrogen and oxygen atoms in total. The molecule has 0 aliphatic carbocycles. The number of hydrogen-bond acceptors (Lipinski definition) is 4. The predicted octanol–water partition coefficient (Wildman–Crippen LogP) is 4.99. The van der Waals surface area contributed by atoms with Gasteiger partial charge in [-0.25, -0.2) is 9.37 Å². The summed E-state index contributed by atoms with van der Waals surface area (Å²) in [5.41, 5.74) is 7.08. The molecule has 180 valence electrons. The van der Waals surface area contributed by atoms with Gasteiger partial charge in [0, 0.05) is 48.9 Å². The Morgan fingerprint density at radius 2 is 1.69 bits per heavy atom. The fourth-order valence-corrected chi connectivity index (χ4v) is 4.88. The number of nitrogens with zero attached hydrogens (tertiary/aromatic N) is 4. The molecule has 0 atom stereocenters. The summed E-state index contributed by atoms with van der Waals surface area (Å²) in [6.07, 6.45) is 1.53. The molecule has 0 unspecified atom stereocenters. The first-order chi connectivity index (χ1) is 16.9. The molecule has 2 aromatic carbocycles. The second-order valence-electron chi connectivity index (χ2n) is 9.54. The van der Waals surface area contributed by atoms with Crippen molar-refractivity contribution in [2.75, 3.05) is 18.0 Å². The van der Waals surface area contributed by atoms with Crippen LogP contribution in [-0.4, -0.2) is 33.6 Å². The third-order valence-corrected chi connectivity index (χ3v) is 6.62. The molecule has 0 saturated carbocycles. The van der Waals surface area contributed by atoms with Gasteiger partial charge in [-0.2, -0.15) is 9.61 Å². The molecule has 3 heterocycles. The molecule has 7 heteroatoms. The maximum atomic E-state index is 13.1. The van der Waals surface area contributed by atoms with Crippen molar-refractivity contribution in [3.63, 3.8) is 0 Å². The Kier molecular flexibility index (Phi) is 6.24. The molecule has 1 aliphatic heterocycles. The number of nitrogens with one attached hydrogen (secondary N) is 1. The van der Waals surface area contributed by atoms with Crippen molar-refractivity contribution in [2.24, 2.45) is 5.92 Å². The Hall–Kier alpha value is -3.74. The molecular formula is C28H30FN5O. The van der Waals surface area contributed by atoms with E-state index in [1.54, 1.807) is 12.1 Å². The molecule has 1 fully saturated rings. The van der Waals surface area contributed by atoms with Gasteiger partial charge in [0.25, 0.3) is 0 Å². The average Bonchev–Trinajstić information content (AvgIpc) is 3.26. The number of rotatable bonds is 5. The Labute approximate surface area is 204 Å². The van der Waals surface area contributed by atoms with Gasteiger partial charge in [0.2, 0.25) is 5.91 Å². The number of fused-ring (bicyclic) bond motifs is 1. The lowest BCUT2D eigenvalue weighted by atomic mass is 9.95. The number of aromatic nitrogens is 3. The normalized spacial score (nSPS) is 14.5. The fraction of sp³-hybridized carbons (Fsp3) is 0.321. The highest BCUT2D eigenvalue weighted by molar-refractivity contribution is 5.79. The zero-order valence-corrected chi connectivity index (χ0v) is 20.4. The first-order valence-corrected chi connectivity index (χ1v) is 12.1. The van der Waals surface area contributed by atoms with Crippen LogP contribution in [-0.2, 0) is 11.3 Å². The molecule has 0 spiro atoms. The van der Waals surface area contributed by atoms with Crippen LogP contribution in [0, 0.1) is 32.5 Å². The third kappa shape index (κ3) is 5.04. The van der Waals surface area contributed by atoms with Gasteiger partial charge in [0.15, 0.2) is 5.65 Å². The second-order valence-corrected chi connectivity index (χ2v) is 9.54. The highest BCUT2D eigenvalue weighted by Crippen LogP contribution is 2.28. The summed E-state index contributed by atoms with van der Waals surface area (Å²) in [6.45, 7) is 8.15. The van der Waals surface area contributed by atoms with Gasteiger partial charge in [0.1, 0.15) is 11.6 Å². The van der Waals surface area contributed by atoms with E-state index in [9.17, 15) is 9.18 Å². The second kappa shape index (κ2) is 9.49. The van der Waals surface area contributed by atoms with Crippen LogP contribution in [0.1, 0.15) is 35.2 Å². The lowest BCUT2D eigenvalue weighted by Gasteiger charge is -2.33. The van der Waals surface area contributed by atoms with Crippen LogP contribution < -0.4 is 10.2 Å². The Bertz CT molecular complexity index is 1350. The minimum atomic E-state index is -0.272. The largest absolute Gasteiger partial charge is 0.356 e. The highest BCUT2D eigenvalue weighted by Gasteiger charge is 2.26. The van der Waals surface area contributed by atoms with Gasteiger partial charge in [-0.1, -0.05) is 29.3 Å². The number of hydrogen-bond donors (Lipinski definition) is 1. The van der Waals surface area contributed by atoms with Gasteiger partial charge in [-0.05, 0) is 63.4 Å². The molecule has 1 N–H and O–H groups in total. The number of halogens is 1. The summed E-state index contributed by atoms with van der Waals surface area (Å²) in [5.74, 6) is 0.759. The molecule has 35 heavy (non-hydrogen) atoms. The molecule has 1 aliphatic rings. The average molecular weight is 472 g/mol. The van der Waals surface area contributed by atoms with Crippen molar-refractivity contribution in [2.45, 2.75) is 40.2 Å². The van der Waals surface area contributed by atoms with E-state index in [0.29, 0.717) is 6.54 Å². The quantitative estimate of drug-likeness (QED) is 0.445.